The summed E-state index contributed by atoms with van der Waals surface area (Å²) < 4.78 is 6.02. The number of halogens is 1. The largest absolute Gasteiger partial charge is 0.415 e. The maximum Gasteiger partial charge on any atom is 0.415 e. The van der Waals surface area contributed by atoms with Crippen LogP contribution >= 0.6 is 11.6 Å². The van der Waals surface area contributed by atoms with E-state index in [1.807, 2.05) is 49.5 Å². The average molecular weight is 678 g/mol. The number of amides is 3. The van der Waals surface area contributed by atoms with E-state index in [1.54, 1.807) is 46.2 Å². The molecule has 2 aliphatic heterocycles. The van der Waals surface area contributed by atoms with Crippen LogP contribution in [0.25, 0.3) is 21.7 Å². The Morgan fingerprint density at radius 3 is 2.37 bits per heavy atom. The van der Waals surface area contributed by atoms with Gasteiger partial charge in [-0.3, -0.25) is 14.4 Å². The number of aromatic amines is 1. The van der Waals surface area contributed by atoms with Crippen LogP contribution in [0.1, 0.15) is 44.8 Å². The molecular formula is C38H36ClN5O5. The Bertz CT molecular complexity index is 2100. The summed E-state index contributed by atoms with van der Waals surface area (Å²) >= 11 is 6.50. The standard InChI is InChI=1S/C38H36ClN5O5/c1-23(45)40-28-10-8-25(9-11-28)34(46)18-24-7-12-31-26(17-24)19-32(41-31)37(47)44-22-27(21-39)36-30-6-4-3-5-29(30)35(20-33(36)44)49-38(48)43-15-13-42(2)14-16-43/h3-12,17,19-20,27,41H,13-16,18,21-22H2,1-2H3,(H,40,45)/t27-/m1/s1. The summed E-state index contributed by atoms with van der Waals surface area (Å²) in [5.74, 6) is 0.154. The number of piperazine rings is 1. The SMILES string of the molecule is CC(=O)Nc1ccc(C(=O)Cc2ccc3[nH]c(C(=O)N4C[C@@H](CCl)c5c4cc(OC(=O)N4CCN(C)CC4)c4ccccc54)cc3c2)cc1. The highest BCUT2D eigenvalue weighted by Gasteiger charge is 2.36. The Kier molecular flexibility index (Phi) is 8.83. The summed E-state index contributed by atoms with van der Waals surface area (Å²) in [7, 11) is 2.03. The Morgan fingerprint density at radius 1 is 0.918 bits per heavy atom. The molecule has 0 unspecified atom stereocenters. The molecular weight excluding hydrogens is 642 g/mol. The first-order valence-electron chi connectivity index (χ1n) is 16.3. The van der Waals surface area contributed by atoms with Gasteiger partial charge in [0.05, 0.1) is 5.69 Å². The van der Waals surface area contributed by atoms with Gasteiger partial charge in [0.15, 0.2) is 5.78 Å². The van der Waals surface area contributed by atoms with Gasteiger partial charge in [-0.2, -0.15) is 0 Å². The van der Waals surface area contributed by atoms with Crippen LogP contribution in [0.15, 0.2) is 78.9 Å². The number of anilines is 2. The number of benzene rings is 4. The van der Waals surface area contributed by atoms with Gasteiger partial charge in [-0.05, 0) is 66.0 Å². The lowest BCUT2D eigenvalue weighted by Gasteiger charge is -2.31. The van der Waals surface area contributed by atoms with Gasteiger partial charge in [-0.25, -0.2) is 4.79 Å². The van der Waals surface area contributed by atoms with Crippen molar-refractivity contribution in [1.82, 2.24) is 14.8 Å². The molecule has 11 heteroatoms. The molecule has 1 fully saturated rings. The van der Waals surface area contributed by atoms with E-state index in [-0.39, 0.29) is 29.9 Å². The fourth-order valence-corrected chi connectivity index (χ4v) is 7.00. The van der Waals surface area contributed by atoms with E-state index in [2.05, 4.69) is 15.2 Å². The number of ketones is 1. The molecule has 0 radical (unpaired) electrons. The van der Waals surface area contributed by atoms with E-state index in [0.29, 0.717) is 53.9 Å². The van der Waals surface area contributed by atoms with Gasteiger partial charge in [0.1, 0.15) is 11.4 Å². The van der Waals surface area contributed by atoms with E-state index in [9.17, 15) is 19.2 Å². The Balaban J connectivity index is 1.15. The van der Waals surface area contributed by atoms with E-state index < -0.39 is 6.09 Å². The normalized spacial score (nSPS) is 16.2. The van der Waals surface area contributed by atoms with Gasteiger partial charge in [0.2, 0.25) is 5.91 Å². The highest BCUT2D eigenvalue weighted by Crippen LogP contribution is 2.46. The molecule has 2 N–H and O–H groups in total. The molecule has 4 aromatic carbocycles. The molecule has 1 aromatic heterocycles. The number of alkyl halides is 1. The zero-order valence-electron chi connectivity index (χ0n) is 27.3. The van der Waals surface area contributed by atoms with Crippen LogP contribution in [0.2, 0.25) is 0 Å². The number of rotatable bonds is 7. The third-order valence-corrected chi connectivity index (χ3v) is 9.70. The number of carbonyl (C=O) groups is 4. The van der Waals surface area contributed by atoms with Gasteiger partial charge in [-0.1, -0.05) is 30.3 Å². The van der Waals surface area contributed by atoms with Crippen molar-refractivity contribution < 1.29 is 23.9 Å². The van der Waals surface area contributed by atoms with Crippen LogP contribution in [0.5, 0.6) is 5.75 Å². The number of carbonyl (C=O) groups excluding carboxylic acids is 4. The highest BCUT2D eigenvalue weighted by atomic mass is 35.5. The summed E-state index contributed by atoms with van der Waals surface area (Å²) in [4.78, 5) is 60.6. The lowest BCUT2D eigenvalue weighted by Crippen LogP contribution is -2.48. The predicted octanol–water partition coefficient (Wildman–Crippen LogP) is 6.43. The molecule has 3 amide bonds. The lowest BCUT2D eigenvalue weighted by molar-refractivity contribution is -0.114. The molecule has 0 bridgehead atoms. The summed E-state index contributed by atoms with van der Waals surface area (Å²) in [6.07, 6.45) is -0.224. The molecule has 7 rings (SSSR count). The number of Topliss-reactive ketones (excluding diaryl/α,β-unsaturated/α-hetero) is 1. The van der Waals surface area contributed by atoms with Crippen LogP contribution in [0, 0.1) is 0 Å². The lowest BCUT2D eigenvalue weighted by atomic mass is 9.95. The van der Waals surface area contributed by atoms with Crippen molar-refractivity contribution in [2.24, 2.45) is 0 Å². The smallest absolute Gasteiger partial charge is 0.409 e. The molecule has 2 aliphatic rings. The van der Waals surface area contributed by atoms with E-state index in [0.717, 1.165) is 45.9 Å². The number of nitrogens with zero attached hydrogens (tertiary/aromatic N) is 3. The first-order valence-corrected chi connectivity index (χ1v) is 16.8. The monoisotopic (exact) mass is 677 g/mol. The van der Waals surface area contributed by atoms with Crippen molar-refractivity contribution in [2.75, 3.05) is 55.9 Å². The number of ether oxygens (including phenoxy) is 1. The zero-order valence-corrected chi connectivity index (χ0v) is 28.0. The van der Waals surface area contributed by atoms with E-state index >= 15 is 0 Å². The number of hydrogen-bond donors (Lipinski definition) is 2. The Labute approximate surface area is 288 Å². The Hall–Kier alpha value is -5.19. The van der Waals surface area contributed by atoms with E-state index in [1.165, 1.54) is 6.92 Å². The molecule has 1 atom stereocenters. The number of aromatic nitrogens is 1. The fraction of sp³-hybridized carbons (Fsp3) is 0.263. The molecule has 10 nitrogen and oxygen atoms in total. The molecule has 0 spiro atoms. The minimum absolute atomic E-state index is 0.0577. The molecule has 250 valence electrons. The summed E-state index contributed by atoms with van der Waals surface area (Å²) in [6, 6.07) is 23.8. The number of likely N-dealkylation sites (N-methyl/N-ethyl adjacent to an activating group) is 1. The molecule has 49 heavy (non-hydrogen) atoms. The molecule has 1 saturated heterocycles. The van der Waals surface area contributed by atoms with Gasteiger partial charge < -0.3 is 29.7 Å². The third-order valence-electron chi connectivity index (χ3n) is 9.33. The first-order chi connectivity index (χ1) is 23.7. The van der Waals surface area contributed by atoms with Gasteiger partial charge in [0.25, 0.3) is 5.91 Å². The second kappa shape index (κ2) is 13.4. The van der Waals surface area contributed by atoms with Crippen LogP contribution in [-0.4, -0.2) is 84.1 Å². The van der Waals surface area contributed by atoms with Gasteiger partial charge in [-0.15, -0.1) is 11.6 Å². The average Bonchev–Trinajstić information content (AvgIpc) is 3.70. The van der Waals surface area contributed by atoms with Crippen molar-refractivity contribution in [3.8, 4) is 5.75 Å². The molecule has 0 aliphatic carbocycles. The first kappa shape index (κ1) is 32.4. The number of nitrogens with one attached hydrogen (secondary N) is 2. The van der Waals surface area contributed by atoms with Gasteiger partial charge in [0, 0.05) is 91.5 Å². The van der Waals surface area contributed by atoms with Crippen molar-refractivity contribution in [3.63, 3.8) is 0 Å². The number of H-pyrrole nitrogens is 1. The summed E-state index contributed by atoms with van der Waals surface area (Å²) in [6.45, 7) is 4.53. The van der Waals surface area contributed by atoms with Crippen LogP contribution in [0.4, 0.5) is 16.2 Å². The van der Waals surface area contributed by atoms with Crippen molar-refractivity contribution in [2.45, 2.75) is 19.3 Å². The topological polar surface area (TPSA) is 115 Å². The Morgan fingerprint density at radius 2 is 1.65 bits per heavy atom. The van der Waals surface area contributed by atoms with Crippen LogP contribution < -0.4 is 15.0 Å². The molecule has 3 heterocycles. The maximum absolute atomic E-state index is 14.2. The second-order valence-corrected chi connectivity index (χ2v) is 13.1. The maximum atomic E-state index is 14.2. The van der Waals surface area contributed by atoms with Crippen molar-refractivity contribution in [3.05, 3.63) is 101 Å². The minimum Gasteiger partial charge on any atom is -0.409 e. The summed E-state index contributed by atoms with van der Waals surface area (Å²) in [5.41, 5.74) is 4.79. The fourth-order valence-electron chi connectivity index (χ4n) is 6.75. The van der Waals surface area contributed by atoms with Crippen LogP contribution in [-0.2, 0) is 11.2 Å². The number of fused-ring (bicyclic) bond motifs is 4. The van der Waals surface area contributed by atoms with Crippen LogP contribution in [0.3, 0.4) is 0 Å². The highest BCUT2D eigenvalue weighted by molar-refractivity contribution is 6.19. The van der Waals surface area contributed by atoms with Crippen molar-refractivity contribution in [1.29, 1.82) is 0 Å². The predicted molar refractivity (Wildman–Crippen MR) is 191 cm³/mol. The minimum atomic E-state index is -0.408. The molecule has 0 saturated carbocycles. The summed E-state index contributed by atoms with van der Waals surface area (Å²) in [5, 5.41) is 5.21. The van der Waals surface area contributed by atoms with E-state index in [4.69, 9.17) is 16.3 Å². The van der Waals surface area contributed by atoms with Gasteiger partial charge >= 0.3 is 6.09 Å². The number of hydrogen-bond acceptors (Lipinski definition) is 6. The third kappa shape index (κ3) is 6.49. The second-order valence-electron chi connectivity index (χ2n) is 12.7. The zero-order chi connectivity index (χ0) is 34.2. The van der Waals surface area contributed by atoms with Crippen molar-refractivity contribution >= 4 is 68.3 Å². The molecule has 5 aromatic rings. The quantitative estimate of drug-likeness (QED) is 0.152.